The van der Waals surface area contributed by atoms with Crippen LogP contribution in [-0.2, 0) is 9.63 Å². The molecular formula is C18H16Br2FN2O3. The van der Waals surface area contributed by atoms with E-state index in [-0.39, 0.29) is 11.3 Å². The first-order valence-corrected chi connectivity index (χ1v) is 9.42. The second-order valence-electron chi connectivity index (χ2n) is 5.29. The molecule has 2 aromatic carbocycles. The predicted molar refractivity (Wildman–Crippen MR) is 105 cm³/mol. The van der Waals surface area contributed by atoms with Gasteiger partial charge >= 0.3 is 6.41 Å². The molecule has 26 heavy (non-hydrogen) atoms. The molecule has 0 atom stereocenters. The van der Waals surface area contributed by atoms with Gasteiger partial charge in [-0.15, -0.1) is 0 Å². The lowest BCUT2D eigenvalue weighted by Crippen LogP contribution is -2.25. The summed E-state index contributed by atoms with van der Waals surface area (Å²) in [6.07, 6.45) is 3.35. The summed E-state index contributed by atoms with van der Waals surface area (Å²) in [7, 11) is 0. The average molecular weight is 487 g/mol. The molecule has 137 valence electrons. The third-order valence-corrected chi connectivity index (χ3v) is 4.66. The molecule has 2 aromatic rings. The Kier molecular flexibility index (Phi) is 7.74. The molecule has 0 spiro atoms. The van der Waals surface area contributed by atoms with Crippen LogP contribution in [0.3, 0.4) is 0 Å². The Morgan fingerprint density at radius 3 is 2.54 bits per heavy atom. The highest BCUT2D eigenvalue weighted by Crippen LogP contribution is 2.33. The van der Waals surface area contributed by atoms with E-state index in [2.05, 4.69) is 37.2 Å². The molecule has 8 heteroatoms. The van der Waals surface area contributed by atoms with Gasteiger partial charge in [-0.3, -0.25) is 14.4 Å². The van der Waals surface area contributed by atoms with E-state index in [0.717, 1.165) is 17.9 Å². The fraction of sp³-hybridized carbons (Fsp3) is 0.222. The van der Waals surface area contributed by atoms with Gasteiger partial charge in [-0.1, -0.05) is 25.5 Å². The van der Waals surface area contributed by atoms with Crippen LogP contribution in [0.15, 0.2) is 45.3 Å². The normalized spacial score (nSPS) is 10.5. The van der Waals surface area contributed by atoms with E-state index in [9.17, 15) is 14.0 Å². The Hall–Kier alpha value is -1.77. The van der Waals surface area contributed by atoms with Crippen molar-refractivity contribution in [1.82, 2.24) is 0 Å². The molecule has 0 heterocycles. The average Bonchev–Trinajstić information content (AvgIpc) is 2.62. The zero-order chi connectivity index (χ0) is 19.1. The Morgan fingerprint density at radius 1 is 1.27 bits per heavy atom. The zero-order valence-electron chi connectivity index (χ0n) is 13.9. The maximum absolute atomic E-state index is 13.4. The summed E-state index contributed by atoms with van der Waals surface area (Å²) in [5, 5.41) is 3.61. The highest BCUT2D eigenvalue weighted by molar-refractivity contribution is 9.11. The number of rotatable bonds is 8. The molecule has 0 saturated carbocycles. The van der Waals surface area contributed by atoms with Gasteiger partial charge in [0.1, 0.15) is 5.82 Å². The van der Waals surface area contributed by atoms with Crippen molar-refractivity contribution in [3.05, 3.63) is 56.7 Å². The summed E-state index contributed by atoms with van der Waals surface area (Å²) < 4.78 is 14.2. The van der Waals surface area contributed by atoms with Crippen molar-refractivity contribution in [3.63, 3.8) is 0 Å². The van der Waals surface area contributed by atoms with Crippen molar-refractivity contribution in [2.45, 2.75) is 19.8 Å². The second kappa shape index (κ2) is 9.80. The van der Waals surface area contributed by atoms with Gasteiger partial charge in [0.25, 0.3) is 5.91 Å². The van der Waals surface area contributed by atoms with Crippen molar-refractivity contribution in [1.29, 1.82) is 0 Å². The van der Waals surface area contributed by atoms with Crippen LogP contribution >= 0.6 is 31.9 Å². The van der Waals surface area contributed by atoms with E-state index in [4.69, 9.17) is 4.84 Å². The maximum Gasteiger partial charge on any atom is 0.343 e. The summed E-state index contributed by atoms with van der Waals surface area (Å²) in [6.45, 7) is 2.33. The molecule has 0 aliphatic carbocycles. The van der Waals surface area contributed by atoms with Gasteiger partial charge in [0.15, 0.2) is 0 Å². The fourth-order valence-electron chi connectivity index (χ4n) is 2.13. The molecule has 1 radical (unpaired) electrons. The largest absolute Gasteiger partial charge is 0.343 e. The minimum atomic E-state index is -0.479. The number of amides is 2. The fourth-order valence-corrected chi connectivity index (χ4v) is 3.46. The molecule has 0 saturated heterocycles. The van der Waals surface area contributed by atoms with E-state index < -0.39 is 11.7 Å². The van der Waals surface area contributed by atoms with Crippen molar-refractivity contribution >= 4 is 55.6 Å². The number of hydroxylamine groups is 1. The van der Waals surface area contributed by atoms with Crippen molar-refractivity contribution in [2.75, 3.05) is 17.0 Å². The third-order valence-electron chi connectivity index (χ3n) is 3.41. The molecule has 2 rings (SSSR count). The molecule has 0 aromatic heterocycles. The number of anilines is 2. The van der Waals surface area contributed by atoms with E-state index in [1.165, 1.54) is 12.1 Å². The van der Waals surface area contributed by atoms with Crippen LogP contribution in [0.2, 0.25) is 0 Å². The molecule has 0 unspecified atom stereocenters. The van der Waals surface area contributed by atoms with Crippen LogP contribution in [0, 0.1) is 5.82 Å². The van der Waals surface area contributed by atoms with Crippen LogP contribution < -0.4 is 10.4 Å². The number of nitrogens with zero attached hydrogens (tertiary/aromatic N) is 1. The first kappa shape index (κ1) is 20.5. The van der Waals surface area contributed by atoms with Crippen molar-refractivity contribution in [3.8, 4) is 0 Å². The van der Waals surface area contributed by atoms with Crippen LogP contribution in [0.5, 0.6) is 0 Å². The van der Waals surface area contributed by atoms with Crippen LogP contribution in [0.1, 0.15) is 30.1 Å². The summed E-state index contributed by atoms with van der Waals surface area (Å²) in [4.78, 5) is 29.4. The number of carbonyl (C=O) groups is 1. The predicted octanol–water partition coefficient (Wildman–Crippen LogP) is 5.21. The number of unbranched alkanes of at least 4 members (excludes halogenated alkanes) is 1. The Balaban J connectivity index is 2.28. The molecule has 5 nitrogen and oxygen atoms in total. The molecule has 2 amide bonds. The molecule has 0 aliphatic heterocycles. The number of carbonyl (C=O) groups excluding carboxylic acids is 2. The number of benzene rings is 2. The standard InChI is InChI=1S/C18H16Br2FN2O3/c1-2-3-8-26-23(11-24)16-7-5-4-6-13(16)18(25)22-17-14(19)9-12(21)10-15(17)20/h4-7,9-10H,2-3,8H2,1H3,(H,22,25). The highest BCUT2D eigenvalue weighted by atomic mass is 79.9. The van der Waals surface area contributed by atoms with E-state index in [0.29, 0.717) is 21.2 Å². The van der Waals surface area contributed by atoms with Crippen LogP contribution in [-0.4, -0.2) is 18.9 Å². The van der Waals surface area contributed by atoms with Gasteiger partial charge < -0.3 is 5.32 Å². The maximum atomic E-state index is 13.4. The van der Waals surface area contributed by atoms with Crippen molar-refractivity contribution < 1.29 is 18.8 Å². The van der Waals surface area contributed by atoms with Gasteiger partial charge in [-0.25, -0.2) is 4.39 Å². The molecule has 0 fully saturated rings. The smallest absolute Gasteiger partial charge is 0.320 e. The number of halogens is 3. The zero-order valence-corrected chi connectivity index (χ0v) is 17.1. The Morgan fingerprint density at radius 2 is 1.92 bits per heavy atom. The molecule has 1 N–H and O–H groups in total. The lowest BCUT2D eigenvalue weighted by atomic mass is 10.1. The quantitative estimate of drug-likeness (QED) is 0.316. The molecular weight excluding hydrogens is 471 g/mol. The number of para-hydroxylation sites is 1. The van der Waals surface area contributed by atoms with E-state index >= 15 is 0 Å². The SMILES string of the molecule is CCCCON([C]=O)c1ccccc1C(=O)Nc1c(Br)cc(F)cc1Br. The Bertz CT molecular complexity index is 779. The van der Waals surface area contributed by atoms with Crippen molar-refractivity contribution in [2.24, 2.45) is 0 Å². The first-order valence-electron chi connectivity index (χ1n) is 7.83. The third kappa shape index (κ3) is 5.12. The summed E-state index contributed by atoms with van der Waals surface area (Å²) >= 11 is 6.44. The molecule has 0 bridgehead atoms. The van der Waals surface area contributed by atoms with Crippen LogP contribution in [0.25, 0.3) is 0 Å². The molecule has 0 aliphatic rings. The van der Waals surface area contributed by atoms with Crippen LogP contribution in [0.4, 0.5) is 15.8 Å². The lowest BCUT2D eigenvalue weighted by Gasteiger charge is -2.19. The summed E-state index contributed by atoms with van der Waals surface area (Å²) in [6, 6.07) is 8.98. The summed E-state index contributed by atoms with van der Waals surface area (Å²) in [5.74, 6) is -0.929. The summed E-state index contributed by atoms with van der Waals surface area (Å²) in [5.41, 5.74) is 0.862. The minimum Gasteiger partial charge on any atom is -0.320 e. The van der Waals surface area contributed by atoms with Gasteiger partial charge in [-0.2, -0.15) is 5.06 Å². The van der Waals surface area contributed by atoms with Gasteiger partial charge in [0, 0.05) is 8.95 Å². The second-order valence-corrected chi connectivity index (χ2v) is 7.00. The lowest BCUT2D eigenvalue weighted by molar-refractivity contribution is 0.102. The first-order chi connectivity index (χ1) is 12.5. The van der Waals surface area contributed by atoms with Gasteiger partial charge in [0.05, 0.1) is 23.5 Å². The number of hydrogen-bond acceptors (Lipinski definition) is 3. The number of nitrogens with one attached hydrogen (secondary N) is 1. The topological polar surface area (TPSA) is 58.6 Å². The monoisotopic (exact) mass is 485 g/mol. The van der Waals surface area contributed by atoms with E-state index in [1.807, 2.05) is 6.92 Å². The highest BCUT2D eigenvalue weighted by Gasteiger charge is 2.19. The Labute approximate surface area is 167 Å². The number of hydrogen-bond donors (Lipinski definition) is 1. The van der Waals surface area contributed by atoms with Gasteiger partial charge in [0.2, 0.25) is 0 Å². The van der Waals surface area contributed by atoms with Gasteiger partial charge in [-0.05, 0) is 62.5 Å². The minimum absolute atomic E-state index is 0.218. The van der Waals surface area contributed by atoms with E-state index in [1.54, 1.807) is 30.7 Å².